The summed E-state index contributed by atoms with van der Waals surface area (Å²) in [6, 6.07) is 0.572. The number of carbonyl (C=O) groups is 1. The Morgan fingerprint density at radius 3 is 2.87 bits per heavy atom. The Bertz CT molecular complexity index is 206. The second kappa shape index (κ2) is 6.11. The Labute approximate surface area is 93.2 Å². The fourth-order valence-corrected chi connectivity index (χ4v) is 2.12. The average Bonchev–Trinajstić information content (AvgIpc) is 2.71. The highest BCUT2D eigenvalue weighted by molar-refractivity contribution is 5.78. The zero-order valence-corrected chi connectivity index (χ0v) is 10.3. The van der Waals surface area contributed by atoms with Crippen molar-refractivity contribution in [3.8, 4) is 0 Å². The van der Waals surface area contributed by atoms with E-state index in [1.54, 1.807) is 0 Å². The van der Waals surface area contributed by atoms with E-state index < -0.39 is 0 Å². The van der Waals surface area contributed by atoms with Gasteiger partial charge in [0, 0.05) is 18.5 Å². The van der Waals surface area contributed by atoms with Crippen molar-refractivity contribution < 1.29 is 4.79 Å². The first kappa shape index (κ1) is 12.5. The third-order valence-electron chi connectivity index (χ3n) is 3.48. The number of amides is 1. The Morgan fingerprint density at radius 2 is 2.27 bits per heavy atom. The predicted molar refractivity (Wildman–Crippen MR) is 62.7 cm³/mol. The summed E-state index contributed by atoms with van der Waals surface area (Å²) in [6.45, 7) is 9.36. The molecule has 0 spiro atoms. The molecule has 0 aromatic carbocycles. The second-order valence-corrected chi connectivity index (χ2v) is 4.48. The molecule has 3 nitrogen and oxygen atoms in total. The monoisotopic (exact) mass is 212 g/mol. The molecule has 3 heteroatoms. The zero-order chi connectivity index (χ0) is 11.3. The van der Waals surface area contributed by atoms with Crippen molar-refractivity contribution in [2.24, 2.45) is 5.92 Å². The van der Waals surface area contributed by atoms with Crippen LogP contribution in [0.2, 0.25) is 0 Å². The summed E-state index contributed by atoms with van der Waals surface area (Å²) in [4.78, 5) is 14.1. The van der Waals surface area contributed by atoms with E-state index in [1.165, 1.54) is 19.4 Å². The molecule has 15 heavy (non-hydrogen) atoms. The number of carbonyl (C=O) groups excluding carboxylic acids is 1. The van der Waals surface area contributed by atoms with Gasteiger partial charge < -0.3 is 5.32 Å². The van der Waals surface area contributed by atoms with Gasteiger partial charge in [0.25, 0.3) is 0 Å². The highest BCUT2D eigenvalue weighted by Gasteiger charge is 2.23. The molecular weight excluding hydrogens is 188 g/mol. The summed E-state index contributed by atoms with van der Waals surface area (Å²) in [5.74, 6) is 0.363. The van der Waals surface area contributed by atoms with Crippen molar-refractivity contribution in [1.82, 2.24) is 10.2 Å². The zero-order valence-electron chi connectivity index (χ0n) is 10.3. The van der Waals surface area contributed by atoms with Crippen LogP contribution in [0, 0.1) is 5.92 Å². The lowest BCUT2D eigenvalue weighted by atomic mass is 10.1. The first-order valence-corrected chi connectivity index (χ1v) is 6.20. The van der Waals surface area contributed by atoms with Crippen LogP contribution in [0.4, 0.5) is 0 Å². The molecule has 1 amide bonds. The number of hydrogen-bond donors (Lipinski definition) is 1. The molecular formula is C12H24N2O. The van der Waals surface area contributed by atoms with E-state index in [4.69, 9.17) is 0 Å². The van der Waals surface area contributed by atoms with Gasteiger partial charge in [-0.2, -0.15) is 0 Å². The van der Waals surface area contributed by atoms with Crippen LogP contribution in [-0.4, -0.2) is 36.5 Å². The topological polar surface area (TPSA) is 32.3 Å². The molecule has 88 valence electrons. The van der Waals surface area contributed by atoms with Crippen LogP contribution in [-0.2, 0) is 4.79 Å². The summed E-state index contributed by atoms with van der Waals surface area (Å²) in [7, 11) is 0. The first-order chi connectivity index (χ1) is 7.19. The van der Waals surface area contributed by atoms with E-state index in [-0.39, 0.29) is 11.8 Å². The van der Waals surface area contributed by atoms with Gasteiger partial charge in [-0.15, -0.1) is 0 Å². The lowest BCUT2D eigenvalue weighted by Gasteiger charge is -2.23. The Morgan fingerprint density at radius 1 is 1.53 bits per heavy atom. The molecule has 0 aromatic rings. The van der Waals surface area contributed by atoms with Gasteiger partial charge in [-0.1, -0.05) is 20.8 Å². The van der Waals surface area contributed by atoms with Crippen LogP contribution >= 0.6 is 0 Å². The van der Waals surface area contributed by atoms with E-state index in [0.29, 0.717) is 6.04 Å². The third kappa shape index (κ3) is 3.49. The highest BCUT2D eigenvalue weighted by atomic mass is 16.1. The van der Waals surface area contributed by atoms with Gasteiger partial charge in [0.15, 0.2) is 0 Å². The molecule has 1 aliphatic rings. The molecule has 1 aliphatic heterocycles. The third-order valence-corrected chi connectivity index (χ3v) is 3.48. The molecule has 0 saturated carbocycles. The molecule has 2 atom stereocenters. The molecule has 1 N–H and O–H groups in total. The van der Waals surface area contributed by atoms with Crippen LogP contribution in [0.15, 0.2) is 0 Å². The van der Waals surface area contributed by atoms with Crippen molar-refractivity contribution in [1.29, 1.82) is 0 Å². The summed E-state index contributed by atoms with van der Waals surface area (Å²) in [5.41, 5.74) is 0. The molecule has 1 rings (SSSR count). The summed E-state index contributed by atoms with van der Waals surface area (Å²) < 4.78 is 0. The number of likely N-dealkylation sites (tertiary alicyclic amines) is 1. The largest absolute Gasteiger partial charge is 0.354 e. The summed E-state index contributed by atoms with van der Waals surface area (Å²) >= 11 is 0. The Hall–Kier alpha value is -0.570. The minimum absolute atomic E-state index is 0.154. The van der Waals surface area contributed by atoms with Gasteiger partial charge in [0.1, 0.15) is 0 Å². The number of hydrogen-bond acceptors (Lipinski definition) is 2. The molecule has 0 aliphatic carbocycles. The SMILES string of the molecule is CC[C@H](C)C(=O)NC[C@@H]1CCCN1CC. The van der Waals surface area contributed by atoms with Gasteiger partial charge in [-0.3, -0.25) is 9.69 Å². The van der Waals surface area contributed by atoms with Crippen LogP contribution in [0.3, 0.4) is 0 Å². The minimum Gasteiger partial charge on any atom is -0.354 e. The lowest BCUT2D eigenvalue weighted by molar-refractivity contribution is -0.124. The molecule has 0 bridgehead atoms. The molecule has 0 radical (unpaired) electrons. The number of likely N-dealkylation sites (N-methyl/N-ethyl adjacent to an activating group) is 1. The van der Waals surface area contributed by atoms with Crippen molar-refractivity contribution in [3.05, 3.63) is 0 Å². The van der Waals surface area contributed by atoms with Crippen molar-refractivity contribution in [2.45, 2.75) is 46.1 Å². The minimum atomic E-state index is 0.154. The smallest absolute Gasteiger partial charge is 0.222 e. The summed E-state index contributed by atoms with van der Waals surface area (Å²) in [6.07, 6.45) is 3.43. The first-order valence-electron chi connectivity index (χ1n) is 6.20. The number of rotatable bonds is 5. The maximum absolute atomic E-state index is 11.6. The van der Waals surface area contributed by atoms with Gasteiger partial charge in [0.2, 0.25) is 5.91 Å². The molecule has 0 unspecified atom stereocenters. The molecule has 0 aromatic heterocycles. The van der Waals surface area contributed by atoms with E-state index in [9.17, 15) is 4.79 Å². The Balaban J connectivity index is 2.27. The standard InChI is InChI=1S/C12H24N2O/c1-4-10(3)12(15)13-9-11-7-6-8-14(11)5-2/h10-11H,4-9H2,1-3H3,(H,13,15)/t10-,11-/m0/s1. The van der Waals surface area contributed by atoms with Crippen LogP contribution in [0.25, 0.3) is 0 Å². The van der Waals surface area contributed by atoms with Gasteiger partial charge in [-0.25, -0.2) is 0 Å². The van der Waals surface area contributed by atoms with Crippen molar-refractivity contribution in [2.75, 3.05) is 19.6 Å². The second-order valence-electron chi connectivity index (χ2n) is 4.48. The van der Waals surface area contributed by atoms with Crippen LogP contribution < -0.4 is 5.32 Å². The van der Waals surface area contributed by atoms with Crippen molar-refractivity contribution >= 4 is 5.91 Å². The normalized spacial score (nSPS) is 24.1. The fraction of sp³-hybridized carbons (Fsp3) is 0.917. The van der Waals surface area contributed by atoms with Crippen LogP contribution in [0.5, 0.6) is 0 Å². The Kier molecular flexibility index (Phi) is 5.09. The van der Waals surface area contributed by atoms with E-state index in [2.05, 4.69) is 24.1 Å². The van der Waals surface area contributed by atoms with Gasteiger partial charge in [-0.05, 0) is 32.4 Å². The van der Waals surface area contributed by atoms with Gasteiger partial charge in [0.05, 0.1) is 0 Å². The highest BCUT2D eigenvalue weighted by Crippen LogP contribution is 2.15. The van der Waals surface area contributed by atoms with Crippen molar-refractivity contribution in [3.63, 3.8) is 0 Å². The summed E-state index contributed by atoms with van der Waals surface area (Å²) in [5, 5.41) is 3.06. The number of nitrogens with zero attached hydrogens (tertiary/aromatic N) is 1. The maximum atomic E-state index is 11.6. The lowest BCUT2D eigenvalue weighted by Crippen LogP contribution is -2.41. The van der Waals surface area contributed by atoms with E-state index in [0.717, 1.165) is 19.5 Å². The van der Waals surface area contributed by atoms with E-state index >= 15 is 0 Å². The maximum Gasteiger partial charge on any atom is 0.222 e. The average molecular weight is 212 g/mol. The van der Waals surface area contributed by atoms with E-state index in [1.807, 2.05) is 6.92 Å². The molecule has 1 fully saturated rings. The molecule has 1 saturated heterocycles. The fourth-order valence-electron chi connectivity index (χ4n) is 2.12. The molecule has 1 heterocycles. The number of nitrogens with one attached hydrogen (secondary N) is 1. The predicted octanol–water partition coefficient (Wildman–Crippen LogP) is 1.63. The quantitative estimate of drug-likeness (QED) is 0.751. The van der Waals surface area contributed by atoms with Crippen LogP contribution in [0.1, 0.15) is 40.0 Å². The van der Waals surface area contributed by atoms with Gasteiger partial charge >= 0.3 is 0 Å².